The second-order valence-electron chi connectivity index (χ2n) is 5.53. The first-order valence-corrected chi connectivity index (χ1v) is 8.40. The van der Waals surface area contributed by atoms with Gasteiger partial charge >= 0.3 is 6.03 Å². The van der Waals surface area contributed by atoms with Crippen molar-refractivity contribution in [3.63, 3.8) is 0 Å². The number of nitrogens with one attached hydrogen (secondary N) is 1. The zero-order valence-electron chi connectivity index (χ0n) is 12.0. The van der Waals surface area contributed by atoms with Gasteiger partial charge in [0.2, 0.25) is 0 Å². The highest BCUT2D eigenvalue weighted by molar-refractivity contribution is 7.16. The number of hydrogen-bond donors (Lipinski definition) is 1. The summed E-state index contributed by atoms with van der Waals surface area (Å²) < 4.78 is 6.25. The Morgan fingerprint density at radius 2 is 2.09 bits per heavy atom. The lowest BCUT2D eigenvalue weighted by molar-refractivity contribution is -0.133. The van der Waals surface area contributed by atoms with E-state index in [9.17, 15) is 9.59 Å². The number of benzene rings is 1. The maximum atomic E-state index is 13.0. The summed E-state index contributed by atoms with van der Waals surface area (Å²) in [5.74, 6) is 0.413. The quantitative estimate of drug-likeness (QED) is 0.848. The van der Waals surface area contributed by atoms with Crippen molar-refractivity contribution in [1.29, 1.82) is 0 Å². The van der Waals surface area contributed by atoms with Gasteiger partial charge in [0.05, 0.1) is 17.5 Å². The van der Waals surface area contributed by atoms with Gasteiger partial charge in [-0.25, -0.2) is 4.79 Å². The van der Waals surface area contributed by atoms with E-state index >= 15 is 0 Å². The van der Waals surface area contributed by atoms with E-state index in [1.165, 1.54) is 16.2 Å². The molecule has 4 rings (SSSR count). The Hall–Kier alpha value is -2.05. The molecule has 3 amide bonds. The Labute approximate surface area is 141 Å². The lowest BCUT2D eigenvalue weighted by atomic mass is 9.84. The molecule has 0 radical (unpaired) electrons. The number of nitrogens with zero attached hydrogens (tertiary/aromatic N) is 1. The van der Waals surface area contributed by atoms with E-state index in [1.807, 2.05) is 30.3 Å². The number of fused-ring (bicyclic) bond motifs is 2. The topological polar surface area (TPSA) is 58.6 Å². The third-order valence-electron chi connectivity index (χ3n) is 4.20. The molecule has 5 nitrogen and oxygen atoms in total. The van der Waals surface area contributed by atoms with Crippen molar-refractivity contribution in [3.05, 3.63) is 51.2 Å². The van der Waals surface area contributed by atoms with E-state index in [0.717, 1.165) is 10.4 Å². The number of hydrogen-bond acceptors (Lipinski definition) is 4. The van der Waals surface area contributed by atoms with Gasteiger partial charge in [0.15, 0.2) is 5.54 Å². The van der Waals surface area contributed by atoms with Crippen LogP contribution >= 0.6 is 22.9 Å². The van der Waals surface area contributed by atoms with Crippen LogP contribution in [-0.4, -0.2) is 23.4 Å². The standard InChI is InChI=1S/C16H13ClN2O3S/c17-13-6-5-10(23-13)9-19-14(20)16(18-15(19)21)7-8-22-12-4-2-1-3-11(12)16/h1-6H,7-9H2,(H,18,21). The molecule has 1 N–H and O–H groups in total. The van der Waals surface area contributed by atoms with Gasteiger partial charge in [-0.1, -0.05) is 29.8 Å². The number of rotatable bonds is 2. The third-order valence-corrected chi connectivity index (χ3v) is 5.42. The Morgan fingerprint density at radius 3 is 2.87 bits per heavy atom. The first-order valence-electron chi connectivity index (χ1n) is 7.21. The summed E-state index contributed by atoms with van der Waals surface area (Å²) in [4.78, 5) is 27.6. The number of para-hydroxylation sites is 1. The average molecular weight is 349 g/mol. The Kier molecular flexibility index (Phi) is 3.32. The van der Waals surface area contributed by atoms with Crippen LogP contribution in [0.2, 0.25) is 4.34 Å². The number of urea groups is 1. The lowest BCUT2D eigenvalue weighted by Gasteiger charge is -2.33. The number of carbonyl (C=O) groups excluding carboxylic acids is 2. The van der Waals surface area contributed by atoms with Crippen LogP contribution in [0.5, 0.6) is 5.75 Å². The molecule has 23 heavy (non-hydrogen) atoms. The molecule has 2 aliphatic rings. The van der Waals surface area contributed by atoms with Crippen LogP contribution in [-0.2, 0) is 16.9 Å². The largest absolute Gasteiger partial charge is 0.493 e. The first kappa shape index (κ1) is 14.5. The summed E-state index contributed by atoms with van der Waals surface area (Å²) in [5.41, 5.74) is -0.302. The highest BCUT2D eigenvalue weighted by Gasteiger charge is 2.54. The summed E-state index contributed by atoms with van der Waals surface area (Å²) in [6.45, 7) is 0.620. The van der Waals surface area contributed by atoms with Crippen molar-refractivity contribution in [1.82, 2.24) is 10.2 Å². The molecule has 1 unspecified atom stereocenters. The molecule has 3 heterocycles. The van der Waals surface area contributed by atoms with Crippen LogP contribution in [0.25, 0.3) is 0 Å². The van der Waals surface area contributed by atoms with Gasteiger partial charge in [-0.2, -0.15) is 0 Å². The van der Waals surface area contributed by atoms with Crippen molar-refractivity contribution < 1.29 is 14.3 Å². The number of halogens is 1. The molecule has 7 heteroatoms. The molecule has 2 aliphatic heterocycles. The number of thiophene rings is 1. The highest BCUT2D eigenvalue weighted by atomic mass is 35.5. The van der Waals surface area contributed by atoms with Gasteiger partial charge in [-0.05, 0) is 18.2 Å². The summed E-state index contributed by atoms with van der Waals surface area (Å²) in [6.07, 6.45) is 0.427. The highest BCUT2D eigenvalue weighted by Crippen LogP contribution is 2.41. The minimum atomic E-state index is -1.02. The van der Waals surface area contributed by atoms with Crippen LogP contribution < -0.4 is 10.1 Å². The molecule has 1 saturated heterocycles. The maximum Gasteiger partial charge on any atom is 0.325 e. The van der Waals surface area contributed by atoms with Crippen LogP contribution in [0.15, 0.2) is 36.4 Å². The van der Waals surface area contributed by atoms with Crippen LogP contribution in [0.3, 0.4) is 0 Å². The Bertz CT molecular complexity index is 806. The van der Waals surface area contributed by atoms with Gasteiger partial charge in [0.1, 0.15) is 5.75 Å². The molecule has 0 saturated carbocycles. The SMILES string of the molecule is O=C1NC2(CCOc3ccccc32)C(=O)N1Cc1ccc(Cl)s1. The van der Waals surface area contributed by atoms with Crippen molar-refractivity contribution in [2.45, 2.75) is 18.5 Å². The van der Waals surface area contributed by atoms with Crippen molar-refractivity contribution in [3.8, 4) is 5.75 Å². The molecule has 0 aliphatic carbocycles. The molecule has 2 aromatic rings. The number of amides is 3. The fraction of sp³-hybridized carbons (Fsp3) is 0.250. The van der Waals surface area contributed by atoms with E-state index in [2.05, 4.69) is 5.32 Å². The number of carbonyl (C=O) groups is 2. The van der Waals surface area contributed by atoms with E-state index in [-0.39, 0.29) is 18.5 Å². The van der Waals surface area contributed by atoms with Gasteiger partial charge in [-0.15, -0.1) is 11.3 Å². The third kappa shape index (κ3) is 2.21. The van der Waals surface area contributed by atoms with Gasteiger partial charge in [0, 0.05) is 16.9 Å². The summed E-state index contributed by atoms with van der Waals surface area (Å²) >= 11 is 7.29. The molecular weight excluding hydrogens is 336 g/mol. The van der Waals surface area contributed by atoms with Gasteiger partial charge in [0.25, 0.3) is 5.91 Å². The van der Waals surface area contributed by atoms with E-state index < -0.39 is 5.54 Å². The zero-order chi connectivity index (χ0) is 16.0. The molecule has 1 spiro atoms. The van der Waals surface area contributed by atoms with E-state index in [0.29, 0.717) is 23.1 Å². The molecule has 1 aromatic carbocycles. The molecule has 1 fully saturated rings. The van der Waals surface area contributed by atoms with Crippen LogP contribution in [0, 0.1) is 0 Å². The van der Waals surface area contributed by atoms with Crippen LogP contribution in [0.4, 0.5) is 4.79 Å². The van der Waals surface area contributed by atoms with Gasteiger partial charge < -0.3 is 10.1 Å². The van der Waals surface area contributed by atoms with Crippen LogP contribution in [0.1, 0.15) is 16.9 Å². The predicted molar refractivity (Wildman–Crippen MR) is 86.6 cm³/mol. The second-order valence-corrected chi connectivity index (χ2v) is 7.33. The molecular formula is C16H13ClN2O3S. The lowest BCUT2D eigenvalue weighted by Crippen LogP contribution is -2.47. The molecule has 118 valence electrons. The summed E-state index contributed by atoms with van der Waals surface area (Å²) in [6, 6.07) is 10.6. The Balaban J connectivity index is 1.70. The van der Waals surface area contributed by atoms with Crippen molar-refractivity contribution >= 4 is 34.9 Å². The minimum absolute atomic E-state index is 0.229. The fourth-order valence-corrected chi connectivity index (χ4v) is 4.18. The first-order chi connectivity index (χ1) is 11.1. The Morgan fingerprint density at radius 1 is 1.26 bits per heavy atom. The number of ether oxygens (including phenoxy) is 1. The predicted octanol–water partition coefficient (Wildman–Crippen LogP) is 3.13. The minimum Gasteiger partial charge on any atom is -0.493 e. The smallest absolute Gasteiger partial charge is 0.325 e. The monoisotopic (exact) mass is 348 g/mol. The van der Waals surface area contributed by atoms with E-state index in [1.54, 1.807) is 6.07 Å². The zero-order valence-corrected chi connectivity index (χ0v) is 13.6. The van der Waals surface area contributed by atoms with Crippen molar-refractivity contribution in [2.24, 2.45) is 0 Å². The second kappa shape index (κ2) is 5.25. The maximum absolute atomic E-state index is 13.0. The normalized spacial score (nSPS) is 22.9. The van der Waals surface area contributed by atoms with E-state index in [4.69, 9.17) is 16.3 Å². The molecule has 1 atom stereocenters. The number of imide groups is 1. The fourth-order valence-electron chi connectivity index (χ4n) is 3.11. The summed E-state index contributed by atoms with van der Waals surface area (Å²) in [7, 11) is 0. The summed E-state index contributed by atoms with van der Waals surface area (Å²) in [5, 5.41) is 2.88. The molecule has 0 bridgehead atoms. The average Bonchev–Trinajstić information content (AvgIpc) is 3.06. The molecule has 1 aromatic heterocycles. The van der Waals surface area contributed by atoms with Gasteiger partial charge in [-0.3, -0.25) is 9.69 Å². The van der Waals surface area contributed by atoms with Crippen molar-refractivity contribution in [2.75, 3.05) is 6.61 Å².